The van der Waals surface area contributed by atoms with Crippen molar-refractivity contribution < 1.29 is 14.0 Å². The molecular formula is C22H33N3O3. The molecule has 1 saturated carbocycles. The van der Waals surface area contributed by atoms with Gasteiger partial charge in [0.1, 0.15) is 6.04 Å². The summed E-state index contributed by atoms with van der Waals surface area (Å²) in [5.41, 5.74) is 0. The maximum atomic E-state index is 12.8. The van der Waals surface area contributed by atoms with E-state index in [1.54, 1.807) is 17.0 Å². The minimum absolute atomic E-state index is 0.00290. The van der Waals surface area contributed by atoms with Crippen molar-refractivity contribution in [3.63, 3.8) is 0 Å². The number of piperidine rings is 1. The fourth-order valence-corrected chi connectivity index (χ4v) is 5.12. The van der Waals surface area contributed by atoms with Gasteiger partial charge in [-0.1, -0.05) is 19.3 Å². The van der Waals surface area contributed by atoms with E-state index in [-0.39, 0.29) is 23.9 Å². The Hall–Kier alpha value is -1.82. The van der Waals surface area contributed by atoms with Crippen molar-refractivity contribution in [1.82, 2.24) is 15.1 Å². The number of amides is 2. The Morgan fingerprint density at radius 2 is 1.79 bits per heavy atom. The van der Waals surface area contributed by atoms with Crippen LogP contribution < -0.4 is 5.32 Å². The van der Waals surface area contributed by atoms with Gasteiger partial charge in [0.05, 0.1) is 6.26 Å². The molecule has 4 rings (SSSR count). The molecule has 2 aliphatic heterocycles. The summed E-state index contributed by atoms with van der Waals surface area (Å²) in [7, 11) is 0. The summed E-state index contributed by atoms with van der Waals surface area (Å²) < 4.78 is 5.23. The molecule has 1 aromatic rings. The molecule has 3 aliphatic rings. The van der Waals surface area contributed by atoms with Crippen LogP contribution in [0.15, 0.2) is 22.8 Å². The summed E-state index contributed by atoms with van der Waals surface area (Å²) in [5, 5.41) is 3.23. The van der Waals surface area contributed by atoms with Gasteiger partial charge in [-0.05, 0) is 56.6 Å². The van der Waals surface area contributed by atoms with Crippen molar-refractivity contribution in [2.45, 2.75) is 69.9 Å². The van der Waals surface area contributed by atoms with Gasteiger partial charge in [-0.15, -0.1) is 0 Å². The van der Waals surface area contributed by atoms with Gasteiger partial charge in [-0.25, -0.2) is 0 Å². The van der Waals surface area contributed by atoms with Crippen LogP contribution in [0.5, 0.6) is 0 Å². The Balaban J connectivity index is 1.24. The van der Waals surface area contributed by atoms with E-state index in [4.69, 9.17) is 4.42 Å². The second-order valence-electron chi connectivity index (χ2n) is 8.72. The third-order valence-electron chi connectivity index (χ3n) is 6.72. The maximum absolute atomic E-state index is 12.8. The Kier molecular flexibility index (Phi) is 6.35. The van der Waals surface area contributed by atoms with Gasteiger partial charge in [-0.3, -0.25) is 9.59 Å². The molecule has 6 heteroatoms. The molecule has 3 fully saturated rings. The molecule has 3 heterocycles. The van der Waals surface area contributed by atoms with Gasteiger partial charge in [0.2, 0.25) is 5.91 Å². The Labute approximate surface area is 167 Å². The molecule has 0 radical (unpaired) electrons. The zero-order chi connectivity index (χ0) is 19.3. The summed E-state index contributed by atoms with van der Waals surface area (Å²) in [4.78, 5) is 29.7. The van der Waals surface area contributed by atoms with Crippen molar-refractivity contribution in [3.8, 4) is 0 Å². The quantitative estimate of drug-likeness (QED) is 0.843. The number of rotatable bonds is 5. The molecule has 0 spiro atoms. The highest BCUT2D eigenvalue weighted by Gasteiger charge is 2.36. The van der Waals surface area contributed by atoms with E-state index in [1.165, 1.54) is 44.9 Å². The van der Waals surface area contributed by atoms with Crippen LogP contribution in [0, 0.1) is 5.92 Å². The van der Waals surface area contributed by atoms with E-state index in [9.17, 15) is 9.59 Å². The predicted octanol–water partition coefficient (Wildman–Crippen LogP) is 3.05. The normalized spacial score (nSPS) is 25.1. The predicted molar refractivity (Wildman–Crippen MR) is 107 cm³/mol. The number of carbonyl (C=O) groups excluding carboxylic acids is 2. The first-order valence-corrected chi connectivity index (χ1v) is 11.1. The Morgan fingerprint density at radius 3 is 2.50 bits per heavy atom. The van der Waals surface area contributed by atoms with Crippen LogP contribution in [0.4, 0.5) is 0 Å². The molecule has 154 valence electrons. The molecule has 6 nitrogen and oxygen atoms in total. The minimum atomic E-state index is -0.363. The minimum Gasteiger partial charge on any atom is -0.459 e. The highest BCUT2D eigenvalue weighted by atomic mass is 16.3. The molecule has 2 saturated heterocycles. The summed E-state index contributed by atoms with van der Waals surface area (Å²) in [6, 6.07) is 3.24. The van der Waals surface area contributed by atoms with Gasteiger partial charge >= 0.3 is 0 Å². The Bertz CT molecular complexity index is 646. The van der Waals surface area contributed by atoms with E-state index in [0.29, 0.717) is 12.3 Å². The molecule has 0 aromatic carbocycles. The molecule has 1 unspecified atom stereocenters. The van der Waals surface area contributed by atoms with E-state index in [0.717, 1.165) is 44.7 Å². The molecule has 28 heavy (non-hydrogen) atoms. The fourth-order valence-electron chi connectivity index (χ4n) is 5.12. The summed E-state index contributed by atoms with van der Waals surface area (Å²) in [6.45, 7) is 3.99. The lowest BCUT2D eigenvalue weighted by Gasteiger charge is -2.36. The standard InChI is InChI=1S/C22H33N3O3/c26-21(19-8-4-12-25(19)22(27)20-9-5-15-28-20)23-18-10-13-24(14-11-18)16-17-6-2-1-3-7-17/h5,9,15,17-19H,1-4,6-8,10-14,16H2,(H,23,26). The van der Waals surface area contributed by atoms with Crippen molar-refractivity contribution >= 4 is 11.8 Å². The molecule has 1 aromatic heterocycles. The van der Waals surface area contributed by atoms with Crippen LogP contribution in [0.1, 0.15) is 68.3 Å². The van der Waals surface area contributed by atoms with Crippen molar-refractivity contribution in [1.29, 1.82) is 0 Å². The topological polar surface area (TPSA) is 65.8 Å². The van der Waals surface area contributed by atoms with Gasteiger partial charge < -0.3 is 19.5 Å². The largest absolute Gasteiger partial charge is 0.459 e. The number of furan rings is 1. The first kappa shape index (κ1) is 19.5. The van der Waals surface area contributed by atoms with Crippen LogP contribution in [-0.4, -0.2) is 59.9 Å². The maximum Gasteiger partial charge on any atom is 0.290 e. The first-order chi connectivity index (χ1) is 13.7. The monoisotopic (exact) mass is 387 g/mol. The molecule has 1 N–H and O–H groups in total. The number of nitrogens with one attached hydrogen (secondary N) is 1. The SMILES string of the molecule is O=C(NC1CCN(CC2CCCCC2)CC1)C1CCCN1C(=O)c1ccco1. The summed E-state index contributed by atoms with van der Waals surface area (Å²) >= 11 is 0. The lowest BCUT2D eigenvalue weighted by atomic mass is 9.88. The average Bonchev–Trinajstić information content (AvgIpc) is 3.42. The van der Waals surface area contributed by atoms with Crippen LogP contribution >= 0.6 is 0 Å². The number of carbonyl (C=O) groups is 2. The van der Waals surface area contributed by atoms with Gasteiger partial charge in [0, 0.05) is 32.2 Å². The second-order valence-corrected chi connectivity index (χ2v) is 8.72. The van der Waals surface area contributed by atoms with Crippen molar-refractivity contribution in [2.24, 2.45) is 5.92 Å². The first-order valence-electron chi connectivity index (χ1n) is 11.1. The van der Waals surface area contributed by atoms with Crippen molar-refractivity contribution in [3.05, 3.63) is 24.2 Å². The molecular weight excluding hydrogens is 354 g/mol. The van der Waals surface area contributed by atoms with E-state index in [2.05, 4.69) is 10.2 Å². The van der Waals surface area contributed by atoms with Crippen LogP contribution in [0.3, 0.4) is 0 Å². The third-order valence-corrected chi connectivity index (χ3v) is 6.72. The number of likely N-dealkylation sites (tertiary alicyclic amines) is 2. The zero-order valence-electron chi connectivity index (χ0n) is 16.8. The number of nitrogens with zero attached hydrogens (tertiary/aromatic N) is 2. The van der Waals surface area contributed by atoms with Gasteiger partial charge in [0.15, 0.2) is 5.76 Å². The highest BCUT2D eigenvalue weighted by molar-refractivity contribution is 5.96. The van der Waals surface area contributed by atoms with Crippen LogP contribution in [0.25, 0.3) is 0 Å². The second kappa shape index (κ2) is 9.12. The van der Waals surface area contributed by atoms with E-state index >= 15 is 0 Å². The van der Waals surface area contributed by atoms with Crippen LogP contribution in [-0.2, 0) is 4.79 Å². The summed E-state index contributed by atoms with van der Waals surface area (Å²) in [5.74, 6) is 1.02. The smallest absolute Gasteiger partial charge is 0.290 e. The molecule has 0 bridgehead atoms. The highest BCUT2D eigenvalue weighted by Crippen LogP contribution is 2.26. The molecule has 2 amide bonds. The Morgan fingerprint density at radius 1 is 1.00 bits per heavy atom. The fraction of sp³-hybridized carbons (Fsp3) is 0.727. The summed E-state index contributed by atoms with van der Waals surface area (Å²) in [6.07, 6.45) is 12.1. The average molecular weight is 388 g/mol. The lowest BCUT2D eigenvalue weighted by molar-refractivity contribution is -0.125. The zero-order valence-corrected chi connectivity index (χ0v) is 16.8. The molecule has 1 atom stereocenters. The van der Waals surface area contributed by atoms with Crippen molar-refractivity contribution in [2.75, 3.05) is 26.2 Å². The number of hydrogen-bond acceptors (Lipinski definition) is 4. The van der Waals surface area contributed by atoms with E-state index < -0.39 is 0 Å². The number of hydrogen-bond donors (Lipinski definition) is 1. The van der Waals surface area contributed by atoms with Crippen LogP contribution in [0.2, 0.25) is 0 Å². The molecule has 1 aliphatic carbocycles. The van der Waals surface area contributed by atoms with Gasteiger partial charge in [-0.2, -0.15) is 0 Å². The van der Waals surface area contributed by atoms with Gasteiger partial charge in [0.25, 0.3) is 5.91 Å². The third kappa shape index (κ3) is 4.59. The lowest BCUT2D eigenvalue weighted by Crippen LogP contribution is -2.51. The van der Waals surface area contributed by atoms with E-state index in [1.807, 2.05) is 0 Å².